The molecule has 1 aliphatic heterocycles. The zero-order valence-electron chi connectivity index (χ0n) is 18.3. The number of nitrogens with one attached hydrogen (secondary N) is 3. The van der Waals surface area contributed by atoms with Crippen LogP contribution in [-0.4, -0.2) is 35.4 Å². The number of carbonyl (C=O) groups excluding carboxylic acids is 1. The number of aromatic amines is 1. The molecule has 1 saturated heterocycles. The number of aromatic nitrogens is 1. The maximum absolute atomic E-state index is 13.0. The van der Waals surface area contributed by atoms with E-state index in [0.29, 0.717) is 17.9 Å². The molecule has 32 heavy (non-hydrogen) atoms. The van der Waals surface area contributed by atoms with Crippen molar-refractivity contribution < 1.29 is 4.79 Å². The van der Waals surface area contributed by atoms with Gasteiger partial charge in [-0.25, -0.2) is 0 Å². The van der Waals surface area contributed by atoms with Crippen molar-refractivity contribution in [3.8, 4) is 0 Å². The maximum Gasteiger partial charge on any atom is 0.263 e. The van der Waals surface area contributed by atoms with Crippen LogP contribution in [0.2, 0.25) is 0 Å². The second kappa shape index (κ2) is 10.8. The molecule has 4 rings (SSSR count). The summed E-state index contributed by atoms with van der Waals surface area (Å²) in [4.78, 5) is 30.5. The van der Waals surface area contributed by atoms with Crippen LogP contribution >= 0.6 is 0 Å². The van der Waals surface area contributed by atoms with E-state index in [0.717, 1.165) is 31.6 Å². The van der Waals surface area contributed by atoms with Gasteiger partial charge in [-0.1, -0.05) is 48.9 Å². The first-order valence-corrected chi connectivity index (χ1v) is 11.3. The summed E-state index contributed by atoms with van der Waals surface area (Å²) >= 11 is 0. The van der Waals surface area contributed by atoms with Gasteiger partial charge in [0.25, 0.3) is 11.5 Å². The standard InChI is InChI=1S/C26H30N4O2/c31-25-24(23(13-15-28-25)27-14-12-20-8-3-1-4-9-20)26(32)29-22-11-7-10-21(18-22)19-30-16-5-2-6-17-30/h1,3-4,7-11,13,15,18H,2,5-6,12,14,16-17,19H2,(H,29,32)(H2,27,28,31). The predicted octanol–water partition coefficient (Wildman–Crippen LogP) is 4.27. The van der Waals surface area contributed by atoms with Crippen LogP contribution in [0.25, 0.3) is 0 Å². The lowest BCUT2D eigenvalue weighted by Crippen LogP contribution is -2.29. The SMILES string of the molecule is O=C(Nc1cccc(CN2CCCCC2)c1)c1c(NCCc2ccccc2)cc[nH]c1=O. The van der Waals surface area contributed by atoms with E-state index in [4.69, 9.17) is 0 Å². The van der Waals surface area contributed by atoms with E-state index < -0.39 is 11.5 Å². The second-order valence-electron chi connectivity index (χ2n) is 8.25. The Bertz CT molecular complexity index is 1090. The van der Waals surface area contributed by atoms with Crippen LogP contribution in [0.1, 0.15) is 40.7 Å². The average molecular weight is 431 g/mol. The van der Waals surface area contributed by atoms with Crippen LogP contribution in [0.15, 0.2) is 71.7 Å². The minimum Gasteiger partial charge on any atom is -0.384 e. The van der Waals surface area contributed by atoms with E-state index in [2.05, 4.69) is 38.7 Å². The van der Waals surface area contributed by atoms with Crippen molar-refractivity contribution in [2.24, 2.45) is 0 Å². The number of amides is 1. The number of likely N-dealkylation sites (tertiary alicyclic amines) is 1. The third-order valence-corrected chi connectivity index (χ3v) is 5.80. The molecule has 6 nitrogen and oxygen atoms in total. The van der Waals surface area contributed by atoms with Crippen molar-refractivity contribution in [1.29, 1.82) is 0 Å². The quantitative estimate of drug-likeness (QED) is 0.499. The van der Waals surface area contributed by atoms with E-state index in [-0.39, 0.29) is 5.56 Å². The van der Waals surface area contributed by atoms with E-state index in [1.165, 1.54) is 24.8 Å². The minimum atomic E-state index is -0.413. The normalized spacial score (nSPS) is 14.1. The van der Waals surface area contributed by atoms with E-state index >= 15 is 0 Å². The molecular weight excluding hydrogens is 400 g/mol. The predicted molar refractivity (Wildman–Crippen MR) is 129 cm³/mol. The molecule has 0 unspecified atom stereocenters. The molecule has 2 aromatic carbocycles. The number of hydrogen-bond donors (Lipinski definition) is 3. The molecular formula is C26H30N4O2. The molecule has 1 amide bonds. The van der Waals surface area contributed by atoms with Gasteiger partial charge >= 0.3 is 0 Å². The average Bonchev–Trinajstić information content (AvgIpc) is 2.81. The zero-order chi connectivity index (χ0) is 22.2. The fraction of sp³-hybridized carbons (Fsp3) is 0.308. The Morgan fingerprint density at radius 2 is 1.72 bits per heavy atom. The molecule has 2 heterocycles. The van der Waals surface area contributed by atoms with Gasteiger partial charge < -0.3 is 15.6 Å². The Morgan fingerprint density at radius 1 is 0.938 bits per heavy atom. The van der Waals surface area contributed by atoms with Crippen molar-refractivity contribution in [3.05, 3.63) is 93.9 Å². The number of piperidine rings is 1. The molecule has 1 aliphatic rings. The Balaban J connectivity index is 1.42. The van der Waals surface area contributed by atoms with Crippen LogP contribution in [-0.2, 0) is 13.0 Å². The molecule has 0 bridgehead atoms. The van der Waals surface area contributed by atoms with Crippen LogP contribution in [0.5, 0.6) is 0 Å². The summed E-state index contributed by atoms with van der Waals surface area (Å²) in [7, 11) is 0. The Labute approximate surface area is 188 Å². The fourth-order valence-corrected chi connectivity index (χ4v) is 4.15. The summed E-state index contributed by atoms with van der Waals surface area (Å²) in [5.74, 6) is -0.413. The number of carbonyl (C=O) groups is 1. The van der Waals surface area contributed by atoms with Crippen molar-refractivity contribution in [1.82, 2.24) is 9.88 Å². The number of H-pyrrole nitrogens is 1. The number of nitrogens with zero attached hydrogens (tertiary/aromatic N) is 1. The largest absolute Gasteiger partial charge is 0.384 e. The maximum atomic E-state index is 13.0. The van der Waals surface area contributed by atoms with Gasteiger partial charge in [0, 0.05) is 25.0 Å². The first-order valence-electron chi connectivity index (χ1n) is 11.3. The highest BCUT2D eigenvalue weighted by Gasteiger charge is 2.17. The van der Waals surface area contributed by atoms with Crippen molar-refractivity contribution in [3.63, 3.8) is 0 Å². The number of rotatable bonds is 8. The Morgan fingerprint density at radius 3 is 2.53 bits per heavy atom. The van der Waals surface area contributed by atoms with Crippen LogP contribution in [0, 0.1) is 0 Å². The van der Waals surface area contributed by atoms with Gasteiger partial charge in [-0.05, 0) is 61.7 Å². The molecule has 1 fully saturated rings. The minimum absolute atomic E-state index is 0.0991. The van der Waals surface area contributed by atoms with Crippen molar-refractivity contribution in [2.45, 2.75) is 32.2 Å². The van der Waals surface area contributed by atoms with Crippen molar-refractivity contribution >= 4 is 17.3 Å². The highest BCUT2D eigenvalue weighted by atomic mass is 16.2. The van der Waals surface area contributed by atoms with Crippen LogP contribution < -0.4 is 16.2 Å². The summed E-state index contributed by atoms with van der Waals surface area (Å²) in [5, 5.41) is 6.16. The molecule has 0 radical (unpaired) electrons. The molecule has 0 atom stereocenters. The number of benzene rings is 2. The molecule has 0 spiro atoms. The lowest BCUT2D eigenvalue weighted by molar-refractivity contribution is 0.102. The summed E-state index contributed by atoms with van der Waals surface area (Å²) < 4.78 is 0. The van der Waals surface area contributed by atoms with Crippen LogP contribution in [0.3, 0.4) is 0 Å². The monoisotopic (exact) mass is 430 g/mol. The topological polar surface area (TPSA) is 77.2 Å². The van der Waals surface area contributed by atoms with Crippen LogP contribution in [0.4, 0.5) is 11.4 Å². The second-order valence-corrected chi connectivity index (χ2v) is 8.25. The van der Waals surface area contributed by atoms with E-state index in [1.54, 1.807) is 12.3 Å². The van der Waals surface area contributed by atoms with Gasteiger partial charge in [-0.2, -0.15) is 0 Å². The first kappa shape index (κ1) is 21.8. The summed E-state index contributed by atoms with van der Waals surface area (Å²) in [6.07, 6.45) is 6.15. The smallest absolute Gasteiger partial charge is 0.263 e. The fourth-order valence-electron chi connectivity index (χ4n) is 4.15. The Kier molecular flexibility index (Phi) is 7.35. The number of pyridine rings is 1. The lowest BCUT2D eigenvalue weighted by Gasteiger charge is -2.26. The molecule has 6 heteroatoms. The molecule has 3 N–H and O–H groups in total. The molecule has 1 aromatic heterocycles. The highest BCUT2D eigenvalue weighted by molar-refractivity contribution is 6.07. The Hall–Kier alpha value is -3.38. The summed E-state index contributed by atoms with van der Waals surface area (Å²) in [5.41, 5.74) is 3.28. The third kappa shape index (κ3) is 5.86. The van der Waals surface area contributed by atoms with Gasteiger partial charge in [0.1, 0.15) is 5.56 Å². The third-order valence-electron chi connectivity index (χ3n) is 5.80. The number of hydrogen-bond acceptors (Lipinski definition) is 4. The molecule has 166 valence electrons. The van der Waals surface area contributed by atoms with Gasteiger partial charge in [0.2, 0.25) is 0 Å². The molecule has 3 aromatic rings. The zero-order valence-corrected chi connectivity index (χ0v) is 18.3. The highest BCUT2D eigenvalue weighted by Crippen LogP contribution is 2.18. The van der Waals surface area contributed by atoms with Crippen molar-refractivity contribution in [2.75, 3.05) is 30.3 Å². The van der Waals surface area contributed by atoms with Gasteiger partial charge in [0.15, 0.2) is 0 Å². The molecule has 0 saturated carbocycles. The van der Waals surface area contributed by atoms with Gasteiger partial charge in [0.05, 0.1) is 5.69 Å². The van der Waals surface area contributed by atoms with Gasteiger partial charge in [-0.3, -0.25) is 14.5 Å². The van der Waals surface area contributed by atoms with E-state index in [9.17, 15) is 9.59 Å². The molecule has 0 aliphatic carbocycles. The summed E-state index contributed by atoms with van der Waals surface area (Å²) in [6, 6.07) is 19.7. The number of anilines is 2. The summed E-state index contributed by atoms with van der Waals surface area (Å²) in [6.45, 7) is 3.74. The van der Waals surface area contributed by atoms with Gasteiger partial charge in [-0.15, -0.1) is 0 Å². The van der Waals surface area contributed by atoms with E-state index in [1.807, 2.05) is 36.4 Å². The lowest BCUT2D eigenvalue weighted by atomic mass is 10.1. The first-order chi connectivity index (χ1) is 15.7.